The molecule has 2 rings (SSSR count). The van der Waals surface area contributed by atoms with Crippen molar-refractivity contribution in [3.63, 3.8) is 0 Å². The summed E-state index contributed by atoms with van der Waals surface area (Å²) in [5.74, 6) is 1.97. The Morgan fingerprint density at radius 3 is 2.86 bits per heavy atom. The van der Waals surface area contributed by atoms with E-state index in [2.05, 4.69) is 26.5 Å². The van der Waals surface area contributed by atoms with Gasteiger partial charge in [-0.1, -0.05) is 15.9 Å². The number of rotatable bonds is 6. The second-order valence-electron chi connectivity index (χ2n) is 4.33. The lowest BCUT2D eigenvalue weighted by Crippen LogP contribution is -2.24. The van der Waals surface area contributed by atoms with Gasteiger partial charge in [0.15, 0.2) is 18.1 Å². The van der Waals surface area contributed by atoms with Crippen LogP contribution in [0.1, 0.15) is 11.5 Å². The molecule has 1 heterocycles. The van der Waals surface area contributed by atoms with E-state index in [1.165, 1.54) is 13.3 Å². The van der Waals surface area contributed by atoms with Gasteiger partial charge in [0.2, 0.25) is 0 Å². The van der Waals surface area contributed by atoms with Crippen molar-refractivity contribution in [3.8, 4) is 11.5 Å². The van der Waals surface area contributed by atoms with Gasteiger partial charge < -0.3 is 13.9 Å². The lowest BCUT2D eigenvalue weighted by atomic mass is 10.3. The highest BCUT2D eigenvalue weighted by Crippen LogP contribution is 2.29. The standard InChI is InChI=1S/C15H15BrN2O4/c1-10-3-5-12(22-10)8-17-18-15(19)9-21-13-6-4-11(16)7-14(13)20-2/h3-8H,9H2,1-2H3,(H,18,19)/b17-8-. The van der Waals surface area contributed by atoms with Crippen molar-refractivity contribution in [3.05, 3.63) is 46.3 Å². The normalized spacial score (nSPS) is 10.7. The third-order valence-electron chi connectivity index (χ3n) is 2.63. The third-order valence-corrected chi connectivity index (χ3v) is 3.12. The first kappa shape index (κ1) is 16.1. The zero-order chi connectivity index (χ0) is 15.9. The van der Waals surface area contributed by atoms with Crippen LogP contribution < -0.4 is 14.9 Å². The van der Waals surface area contributed by atoms with Crippen molar-refractivity contribution in [2.45, 2.75) is 6.92 Å². The van der Waals surface area contributed by atoms with Crippen molar-refractivity contribution < 1.29 is 18.7 Å². The summed E-state index contributed by atoms with van der Waals surface area (Å²) in [6.07, 6.45) is 1.42. The molecule has 0 atom stereocenters. The van der Waals surface area contributed by atoms with Gasteiger partial charge in [-0.3, -0.25) is 4.79 Å². The Kier molecular flexibility index (Phi) is 5.60. The maximum Gasteiger partial charge on any atom is 0.277 e. The van der Waals surface area contributed by atoms with E-state index in [4.69, 9.17) is 13.9 Å². The highest BCUT2D eigenvalue weighted by atomic mass is 79.9. The molecule has 0 aliphatic carbocycles. The van der Waals surface area contributed by atoms with Crippen molar-refractivity contribution >= 4 is 28.1 Å². The Bertz CT molecular complexity index is 682. The van der Waals surface area contributed by atoms with Gasteiger partial charge in [0.25, 0.3) is 5.91 Å². The molecule has 0 unspecified atom stereocenters. The number of nitrogens with zero attached hydrogens (tertiary/aromatic N) is 1. The number of carbonyl (C=O) groups is 1. The molecule has 0 aliphatic heterocycles. The molecule has 22 heavy (non-hydrogen) atoms. The fourth-order valence-corrected chi connectivity index (χ4v) is 1.97. The SMILES string of the molecule is COc1cc(Br)ccc1OCC(=O)N/N=C\c1ccc(C)o1. The van der Waals surface area contributed by atoms with Crippen LogP contribution in [0.4, 0.5) is 0 Å². The molecule has 0 fully saturated rings. The Balaban J connectivity index is 1.84. The third kappa shape index (κ3) is 4.63. The van der Waals surface area contributed by atoms with Gasteiger partial charge in [-0.2, -0.15) is 5.10 Å². The van der Waals surface area contributed by atoms with Crippen LogP contribution in [0, 0.1) is 6.92 Å². The van der Waals surface area contributed by atoms with Gasteiger partial charge >= 0.3 is 0 Å². The Hall–Kier alpha value is -2.28. The lowest BCUT2D eigenvalue weighted by molar-refractivity contribution is -0.123. The van der Waals surface area contributed by atoms with Crippen LogP contribution >= 0.6 is 15.9 Å². The number of halogens is 1. The zero-order valence-electron chi connectivity index (χ0n) is 12.1. The fraction of sp³-hybridized carbons (Fsp3) is 0.200. The minimum atomic E-state index is -0.385. The van der Waals surface area contributed by atoms with Crippen LogP contribution in [-0.4, -0.2) is 25.8 Å². The molecule has 1 N–H and O–H groups in total. The molecule has 1 amide bonds. The van der Waals surface area contributed by atoms with E-state index in [9.17, 15) is 4.79 Å². The number of hydrazone groups is 1. The fourth-order valence-electron chi connectivity index (χ4n) is 1.63. The summed E-state index contributed by atoms with van der Waals surface area (Å²) in [5, 5.41) is 3.79. The molecule has 1 aromatic heterocycles. The van der Waals surface area contributed by atoms with E-state index in [1.54, 1.807) is 24.3 Å². The van der Waals surface area contributed by atoms with Gasteiger partial charge in [0.05, 0.1) is 13.3 Å². The molecule has 116 valence electrons. The molecule has 0 saturated heterocycles. The maximum absolute atomic E-state index is 11.6. The Labute approximate surface area is 136 Å². The number of nitrogens with one attached hydrogen (secondary N) is 1. The number of amides is 1. The van der Waals surface area contributed by atoms with Gasteiger partial charge in [0, 0.05) is 4.47 Å². The summed E-state index contributed by atoms with van der Waals surface area (Å²) in [6, 6.07) is 8.84. The second-order valence-corrected chi connectivity index (χ2v) is 5.24. The molecule has 0 radical (unpaired) electrons. The molecule has 1 aromatic carbocycles. The average Bonchev–Trinajstić information content (AvgIpc) is 2.91. The molecule has 2 aromatic rings. The maximum atomic E-state index is 11.6. The van der Waals surface area contributed by atoms with Crippen LogP contribution in [0.2, 0.25) is 0 Å². The number of aryl methyl sites for hydroxylation is 1. The minimum absolute atomic E-state index is 0.174. The topological polar surface area (TPSA) is 73.1 Å². The highest BCUT2D eigenvalue weighted by molar-refractivity contribution is 9.10. The molecule has 0 bridgehead atoms. The number of benzene rings is 1. The second kappa shape index (κ2) is 7.65. The predicted octanol–water partition coefficient (Wildman–Crippen LogP) is 2.89. The van der Waals surface area contributed by atoms with Crippen molar-refractivity contribution in [2.75, 3.05) is 13.7 Å². The van der Waals surface area contributed by atoms with Gasteiger partial charge in [0.1, 0.15) is 11.5 Å². The number of methoxy groups -OCH3 is 1. The molecular weight excluding hydrogens is 352 g/mol. The van der Waals surface area contributed by atoms with E-state index >= 15 is 0 Å². The zero-order valence-corrected chi connectivity index (χ0v) is 13.7. The lowest BCUT2D eigenvalue weighted by Gasteiger charge is -2.09. The van der Waals surface area contributed by atoms with E-state index in [0.717, 1.165) is 10.2 Å². The van der Waals surface area contributed by atoms with Gasteiger partial charge in [-0.15, -0.1) is 0 Å². The Morgan fingerprint density at radius 1 is 1.36 bits per heavy atom. The van der Waals surface area contributed by atoms with E-state index in [-0.39, 0.29) is 12.5 Å². The number of carbonyl (C=O) groups excluding carboxylic acids is 1. The molecule has 7 heteroatoms. The van der Waals surface area contributed by atoms with Crippen molar-refractivity contribution in [2.24, 2.45) is 5.10 Å². The first-order valence-corrected chi connectivity index (χ1v) is 7.22. The monoisotopic (exact) mass is 366 g/mol. The van der Waals surface area contributed by atoms with E-state index in [1.807, 2.05) is 13.0 Å². The average molecular weight is 367 g/mol. The highest BCUT2D eigenvalue weighted by Gasteiger charge is 2.07. The molecular formula is C15H15BrN2O4. The summed E-state index contributed by atoms with van der Waals surface area (Å²) in [7, 11) is 1.53. The minimum Gasteiger partial charge on any atom is -0.493 e. The number of hydrogen-bond donors (Lipinski definition) is 1. The van der Waals surface area contributed by atoms with E-state index < -0.39 is 0 Å². The number of hydrogen-bond acceptors (Lipinski definition) is 5. The summed E-state index contributed by atoms with van der Waals surface area (Å²) in [4.78, 5) is 11.6. The van der Waals surface area contributed by atoms with Crippen LogP contribution in [0.3, 0.4) is 0 Å². The molecule has 0 spiro atoms. The van der Waals surface area contributed by atoms with Crippen LogP contribution in [0.15, 0.2) is 44.3 Å². The number of ether oxygens (including phenoxy) is 2. The quantitative estimate of drug-likeness (QED) is 0.630. The molecule has 0 saturated carbocycles. The Morgan fingerprint density at radius 2 is 2.18 bits per heavy atom. The van der Waals surface area contributed by atoms with Gasteiger partial charge in [-0.25, -0.2) is 5.43 Å². The first-order valence-electron chi connectivity index (χ1n) is 6.43. The van der Waals surface area contributed by atoms with E-state index in [0.29, 0.717) is 17.3 Å². The largest absolute Gasteiger partial charge is 0.493 e. The summed E-state index contributed by atoms with van der Waals surface area (Å²) in [5.41, 5.74) is 2.35. The van der Waals surface area contributed by atoms with Crippen LogP contribution in [0.5, 0.6) is 11.5 Å². The summed E-state index contributed by atoms with van der Waals surface area (Å²) >= 11 is 3.33. The van der Waals surface area contributed by atoms with Crippen LogP contribution in [0.25, 0.3) is 0 Å². The summed E-state index contributed by atoms with van der Waals surface area (Å²) < 4.78 is 16.7. The molecule has 0 aliphatic rings. The predicted molar refractivity (Wildman–Crippen MR) is 85.4 cm³/mol. The van der Waals surface area contributed by atoms with Crippen molar-refractivity contribution in [1.82, 2.24) is 5.43 Å². The molecule has 6 nitrogen and oxygen atoms in total. The number of furan rings is 1. The van der Waals surface area contributed by atoms with Crippen LogP contribution in [-0.2, 0) is 4.79 Å². The van der Waals surface area contributed by atoms with Gasteiger partial charge in [-0.05, 0) is 37.3 Å². The first-order chi connectivity index (χ1) is 10.6. The summed E-state index contributed by atoms with van der Waals surface area (Å²) in [6.45, 7) is 1.65. The van der Waals surface area contributed by atoms with Crippen molar-refractivity contribution in [1.29, 1.82) is 0 Å². The smallest absolute Gasteiger partial charge is 0.277 e.